The zero-order chi connectivity index (χ0) is 16.2. The van der Waals surface area contributed by atoms with Gasteiger partial charge in [0.1, 0.15) is 12.4 Å². The average Bonchev–Trinajstić information content (AvgIpc) is 2.90. The van der Waals surface area contributed by atoms with E-state index in [9.17, 15) is 14.0 Å². The third-order valence-corrected chi connectivity index (χ3v) is 4.06. The summed E-state index contributed by atoms with van der Waals surface area (Å²) in [6.07, 6.45) is 5.36. The highest BCUT2D eigenvalue weighted by Crippen LogP contribution is 2.18. The van der Waals surface area contributed by atoms with E-state index in [4.69, 9.17) is 0 Å². The van der Waals surface area contributed by atoms with E-state index in [0.717, 1.165) is 30.3 Å². The van der Waals surface area contributed by atoms with Crippen LogP contribution in [0.1, 0.15) is 32.1 Å². The number of hydrogen-bond acceptors (Lipinski definition) is 4. The normalized spacial score (nSPS) is 15.5. The Morgan fingerprint density at radius 3 is 2.65 bits per heavy atom. The standard InChI is InChI=1S/C16H18FN3O3/c17-12-8-6-11(7-9-12)15-19-23-16(22)20(15)10-14(21)18-13-4-2-1-3-5-13/h6-9,13H,1-5,10H2,(H,18,21). The Labute approximate surface area is 132 Å². The molecule has 1 aromatic heterocycles. The van der Waals surface area contributed by atoms with Crippen LogP contribution in [0.3, 0.4) is 0 Å². The van der Waals surface area contributed by atoms with Crippen LogP contribution in [-0.2, 0) is 11.3 Å². The predicted molar refractivity (Wildman–Crippen MR) is 81.2 cm³/mol. The SMILES string of the molecule is O=C(Cn1c(-c2ccc(F)cc2)noc1=O)NC1CCCCC1. The molecular formula is C16H18FN3O3. The molecule has 1 amide bonds. The summed E-state index contributed by atoms with van der Waals surface area (Å²) in [6.45, 7) is -0.161. The van der Waals surface area contributed by atoms with Crippen LogP contribution in [0.4, 0.5) is 4.39 Å². The lowest BCUT2D eigenvalue weighted by Gasteiger charge is -2.22. The van der Waals surface area contributed by atoms with Crippen molar-refractivity contribution in [2.24, 2.45) is 0 Å². The smallest absolute Gasteiger partial charge is 0.352 e. The lowest BCUT2D eigenvalue weighted by molar-refractivity contribution is -0.122. The van der Waals surface area contributed by atoms with Gasteiger partial charge in [0.2, 0.25) is 5.91 Å². The second-order valence-electron chi connectivity index (χ2n) is 5.77. The second-order valence-corrected chi connectivity index (χ2v) is 5.77. The number of rotatable bonds is 4. The highest BCUT2D eigenvalue weighted by Gasteiger charge is 2.19. The molecule has 1 saturated carbocycles. The number of nitrogens with zero attached hydrogens (tertiary/aromatic N) is 2. The summed E-state index contributed by atoms with van der Waals surface area (Å²) >= 11 is 0. The summed E-state index contributed by atoms with van der Waals surface area (Å²) in [5.41, 5.74) is 0.516. The van der Waals surface area contributed by atoms with Crippen LogP contribution in [0.2, 0.25) is 0 Å². The van der Waals surface area contributed by atoms with Crippen molar-refractivity contribution in [1.82, 2.24) is 15.0 Å². The van der Waals surface area contributed by atoms with E-state index in [1.807, 2.05) is 0 Å². The number of carbonyl (C=O) groups excluding carboxylic acids is 1. The number of halogens is 1. The molecule has 6 nitrogen and oxygen atoms in total. The summed E-state index contributed by atoms with van der Waals surface area (Å²) in [4.78, 5) is 24.0. The Balaban J connectivity index is 1.74. The third-order valence-electron chi connectivity index (χ3n) is 4.06. The van der Waals surface area contributed by atoms with Gasteiger partial charge in [-0.15, -0.1) is 0 Å². The molecule has 0 bridgehead atoms. The van der Waals surface area contributed by atoms with Crippen LogP contribution in [0.15, 0.2) is 33.6 Å². The van der Waals surface area contributed by atoms with E-state index in [-0.39, 0.29) is 30.1 Å². The van der Waals surface area contributed by atoms with E-state index in [1.165, 1.54) is 30.7 Å². The van der Waals surface area contributed by atoms with Crippen molar-refractivity contribution in [1.29, 1.82) is 0 Å². The first-order valence-electron chi connectivity index (χ1n) is 7.75. The van der Waals surface area contributed by atoms with Crippen LogP contribution in [0.25, 0.3) is 11.4 Å². The minimum Gasteiger partial charge on any atom is -0.352 e. The molecule has 0 saturated heterocycles. The second kappa shape index (κ2) is 6.76. The van der Waals surface area contributed by atoms with Crippen molar-refractivity contribution < 1.29 is 13.7 Å². The van der Waals surface area contributed by atoms with Crippen LogP contribution in [0.5, 0.6) is 0 Å². The molecule has 1 N–H and O–H groups in total. The molecule has 0 aliphatic heterocycles. The van der Waals surface area contributed by atoms with Crippen LogP contribution >= 0.6 is 0 Å². The van der Waals surface area contributed by atoms with Gasteiger partial charge in [-0.05, 0) is 37.1 Å². The zero-order valence-corrected chi connectivity index (χ0v) is 12.6. The van der Waals surface area contributed by atoms with Gasteiger partial charge in [0, 0.05) is 11.6 Å². The predicted octanol–water partition coefficient (Wildman–Crippen LogP) is 2.09. The van der Waals surface area contributed by atoms with E-state index >= 15 is 0 Å². The van der Waals surface area contributed by atoms with Gasteiger partial charge in [-0.3, -0.25) is 9.32 Å². The maximum absolute atomic E-state index is 13.0. The molecule has 3 rings (SSSR count). The minimum atomic E-state index is -0.705. The summed E-state index contributed by atoms with van der Waals surface area (Å²) in [5, 5.41) is 6.63. The fourth-order valence-electron chi connectivity index (χ4n) is 2.88. The van der Waals surface area contributed by atoms with Gasteiger partial charge in [0.05, 0.1) is 0 Å². The monoisotopic (exact) mass is 319 g/mol. The van der Waals surface area contributed by atoms with E-state index in [0.29, 0.717) is 5.56 Å². The Kier molecular flexibility index (Phi) is 4.55. The van der Waals surface area contributed by atoms with E-state index in [2.05, 4.69) is 15.0 Å². The number of benzene rings is 1. The van der Waals surface area contributed by atoms with Gasteiger partial charge in [-0.2, -0.15) is 0 Å². The quantitative estimate of drug-likeness (QED) is 0.936. The number of amides is 1. The lowest BCUT2D eigenvalue weighted by Crippen LogP contribution is -2.39. The van der Waals surface area contributed by atoms with E-state index in [1.54, 1.807) is 0 Å². The molecule has 0 spiro atoms. The Morgan fingerprint density at radius 2 is 1.96 bits per heavy atom. The zero-order valence-electron chi connectivity index (χ0n) is 12.6. The van der Waals surface area contributed by atoms with Gasteiger partial charge in [0.15, 0.2) is 5.82 Å². The van der Waals surface area contributed by atoms with Gasteiger partial charge in [-0.25, -0.2) is 13.8 Å². The highest BCUT2D eigenvalue weighted by molar-refractivity contribution is 5.76. The molecule has 122 valence electrons. The highest BCUT2D eigenvalue weighted by atomic mass is 19.1. The molecule has 23 heavy (non-hydrogen) atoms. The molecule has 1 aliphatic carbocycles. The topological polar surface area (TPSA) is 77.1 Å². The number of aromatic nitrogens is 2. The number of hydrogen-bond donors (Lipinski definition) is 1. The summed E-state index contributed by atoms with van der Waals surface area (Å²) in [5.74, 6) is -1.12. The third kappa shape index (κ3) is 3.67. The van der Waals surface area contributed by atoms with Crippen molar-refractivity contribution in [3.63, 3.8) is 0 Å². The van der Waals surface area contributed by atoms with Gasteiger partial charge in [-0.1, -0.05) is 24.4 Å². The molecule has 7 heteroatoms. The molecule has 1 fully saturated rings. The molecule has 1 aromatic carbocycles. The number of carbonyl (C=O) groups is 1. The van der Waals surface area contributed by atoms with Crippen molar-refractivity contribution in [2.45, 2.75) is 44.7 Å². The van der Waals surface area contributed by atoms with Crippen molar-refractivity contribution in [3.05, 3.63) is 40.6 Å². The Bertz CT molecular complexity index is 730. The molecule has 0 radical (unpaired) electrons. The van der Waals surface area contributed by atoms with Crippen LogP contribution < -0.4 is 11.1 Å². The largest absolute Gasteiger partial charge is 0.442 e. The van der Waals surface area contributed by atoms with Gasteiger partial charge < -0.3 is 5.32 Å². The van der Waals surface area contributed by atoms with Crippen molar-refractivity contribution >= 4 is 5.91 Å². The minimum absolute atomic E-state index is 0.161. The maximum atomic E-state index is 13.0. The van der Waals surface area contributed by atoms with Crippen molar-refractivity contribution in [2.75, 3.05) is 0 Å². The average molecular weight is 319 g/mol. The van der Waals surface area contributed by atoms with Gasteiger partial charge >= 0.3 is 5.76 Å². The summed E-state index contributed by atoms with van der Waals surface area (Å²) in [6, 6.07) is 5.67. The molecular weight excluding hydrogens is 301 g/mol. The van der Waals surface area contributed by atoms with Crippen LogP contribution in [-0.4, -0.2) is 21.7 Å². The first-order chi connectivity index (χ1) is 11.1. The molecule has 1 heterocycles. The fraction of sp³-hybridized carbons (Fsp3) is 0.438. The van der Waals surface area contributed by atoms with Gasteiger partial charge in [0.25, 0.3) is 0 Å². The summed E-state index contributed by atoms with van der Waals surface area (Å²) < 4.78 is 18.8. The maximum Gasteiger partial charge on any atom is 0.442 e. The first kappa shape index (κ1) is 15.5. The van der Waals surface area contributed by atoms with Crippen LogP contribution in [0, 0.1) is 5.82 Å². The molecule has 0 atom stereocenters. The fourth-order valence-corrected chi connectivity index (χ4v) is 2.88. The summed E-state index contributed by atoms with van der Waals surface area (Å²) in [7, 11) is 0. The Hall–Kier alpha value is -2.44. The first-order valence-corrected chi connectivity index (χ1v) is 7.75. The number of nitrogens with one attached hydrogen (secondary N) is 1. The Morgan fingerprint density at radius 1 is 1.26 bits per heavy atom. The molecule has 2 aromatic rings. The molecule has 0 unspecified atom stereocenters. The van der Waals surface area contributed by atoms with E-state index < -0.39 is 5.76 Å². The molecule has 1 aliphatic rings. The van der Waals surface area contributed by atoms with Crippen molar-refractivity contribution in [3.8, 4) is 11.4 Å². The lowest BCUT2D eigenvalue weighted by atomic mass is 9.95.